The van der Waals surface area contributed by atoms with Crippen LogP contribution in [0.3, 0.4) is 0 Å². The predicted octanol–water partition coefficient (Wildman–Crippen LogP) is 5.48. The lowest BCUT2D eigenvalue weighted by Crippen LogP contribution is -2.36. The standard InChI is InChI=1S/C21H18BrFN2O2S/c22-13-6-14-24-20-12-11-17(16-7-2-1-3-8-16)15-21(20)25(28(24,26)27)19-10-5-4-9-18(19)23/h1-5,7-12,15H,6,13-14H2. The molecule has 144 valence electrons. The molecule has 0 aromatic heterocycles. The number of hydrogen-bond acceptors (Lipinski definition) is 2. The van der Waals surface area contributed by atoms with Gasteiger partial charge in [-0.05, 0) is 41.8 Å². The lowest BCUT2D eigenvalue weighted by Gasteiger charge is -2.21. The van der Waals surface area contributed by atoms with Crippen LogP contribution in [0.4, 0.5) is 21.5 Å². The summed E-state index contributed by atoms with van der Waals surface area (Å²) in [6.45, 7) is 0.316. The van der Waals surface area contributed by atoms with Crippen molar-refractivity contribution in [3.05, 3.63) is 78.6 Å². The van der Waals surface area contributed by atoms with Crippen molar-refractivity contribution >= 4 is 43.2 Å². The first-order valence-corrected chi connectivity index (χ1v) is 11.4. The Morgan fingerprint density at radius 3 is 2.25 bits per heavy atom. The summed E-state index contributed by atoms with van der Waals surface area (Å²) < 4.78 is 43.7. The Morgan fingerprint density at radius 1 is 0.821 bits per heavy atom. The third kappa shape index (κ3) is 3.18. The zero-order valence-corrected chi connectivity index (χ0v) is 17.3. The average molecular weight is 461 g/mol. The van der Waals surface area contributed by atoms with Gasteiger partial charge in [-0.2, -0.15) is 8.42 Å². The monoisotopic (exact) mass is 460 g/mol. The SMILES string of the molecule is O=S1(=O)N(CCCBr)c2ccc(-c3ccccc3)cc2N1c1ccccc1F. The van der Waals surface area contributed by atoms with Gasteiger partial charge in [0.05, 0.1) is 17.1 Å². The molecule has 3 aromatic carbocycles. The molecule has 0 saturated heterocycles. The Labute approximate surface area is 172 Å². The molecule has 7 heteroatoms. The minimum Gasteiger partial charge on any atom is -0.251 e. The van der Waals surface area contributed by atoms with Crippen molar-refractivity contribution in [2.24, 2.45) is 0 Å². The first-order chi connectivity index (χ1) is 13.5. The van der Waals surface area contributed by atoms with Gasteiger partial charge in [0.25, 0.3) is 0 Å². The predicted molar refractivity (Wildman–Crippen MR) is 115 cm³/mol. The number of halogens is 2. The third-order valence-electron chi connectivity index (χ3n) is 4.65. The van der Waals surface area contributed by atoms with E-state index in [9.17, 15) is 12.8 Å². The van der Waals surface area contributed by atoms with Crippen LogP contribution in [-0.4, -0.2) is 20.3 Å². The highest BCUT2D eigenvalue weighted by atomic mass is 79.9. The van der Waals surface area contributed by atoms with Crippen LogP contribution in [0, 0.1) is 5.82 Å². The number of para-hydroxylation sites is 1. The molecule has 0 amide bonds. The molecule has 28 heavy (non-hydrogen) atoms. The summed E-state index contributed by atoms with van der Waals surface area (Å²) >= 11 is 3.35. The third-order valence-corrected chi connectivity index (χ3v) is 7.00. The van der Waals surface area contributed by atoms with Crippen LogP contribution < -0.4 is 8.61 Å². The lowest BCUT2D eigenvalue weighted by atomic mass is 10.0. The molecule has 1 aliphatic rings. The number of rotatable bonds is 5. The summed E-state index contributed by atoms with van der Waals surface area (Å²) in [7, 11) is -3.93. The van der Waals surface area contributed by atoms with E-state index in [1.54, 1.807) is 18.2 Å². The molecule has 1 heterocycles. The van der Waals surface area contributed by atoms with Gasteiger partial charge < -0.3 is 0 Å². The molecule has 0 N–H and O–H groups in total. The fourth-order valence-corrected chi connectivity index (χ4v) is 5.37. The van der Waals surface area contributed by atoms with Gasteiger partial charge in [-0.3, -0.25) is 4.31 Å². The fraction of sp³-hybridized carbons (Fsp3) is 0.143. The zero-order valence-electron chi connectivity index (χ0n) is 14.9. The number of anilines is 3. The van der Waals surface area contributed by atoms with Gasteiger partial charge in [0.1, 0.15) is 5.82 Å². The number of hydrogen-bond donors (Lipinski definition) is 0. The van der Waals surface area contributed by atoms with E-state index in [4.69, 9.17) is 0 Å². The van der Waals surface area contributed by atoms with E-state index in [-0.39, 0.29) is 5.69 Å². The van der Waals surface area contributed by atoms with Crippen LogP contribution >= 0.6 is 15.9 Å². The number of benzene rings is 3. The Kier molecular flexibility index (Phi) is 5.12. The van der Waals surface area contributed by atoms with Crippen molar-refractivity contribution in [3.63, 3.8) is 0 Å². The van der Waals surface area contributed by atoms with Gasteiger partial charge in [-0.15, -0.1) is 0 Å². The second-order valence-corrected chi connectivity index (χ2v) is 8.90. The first kappa shape index (κ1) is 19.0. The first-order valence-electron chi connectivity index (χ1n) is 8.87. The fourth-order valence-electron chi connectivity index (χ4n) is 3.36. The lowest BCUT2D eigenvalue weighted by molar-refractivity contribution is 0.590. The largest absolute Gasteiger partial charge is 0.331 e. The smallest absolute Gasteiger partial charge is 0.251 e. The molecule has 0 atom stereocenters. The molecule has 0 spiro atoms. The highest BCUT2D eigenvalue weighted by molar-refractivity contribution is 9.09. The summed E-state index contributed by atoms with van der Waals surface area (Å²) in [5.74, 6) is -0.579. The topological polar surface area (TPSA) is 40.6 Å². The zero-order chi connectivity index (χ0) is 19.7. The van der Waals surface area contributed by atoms with E-state index in [0.717, 1.165) is 15.4 Å². The van der Waals surface area contributed by atoms with Crippen LogP contribution in [0.5, 0.6) is 0 Å². The van der Waals surface area contributed by atoms with Crippen molar-refractivity contribution in [1.82, 2.24) is 0 Å². The van der Waals surface area contributed by atoms with Crippen LogP contribution in [0.15, 0.2) is 72.8 Å². The van der Waals surface area contributed by atoms with Gasteiger partial charge in [-0.25, -0.2) is 8.70 Å². The molecular formula is C21H18BrFN2O2S. The minimum atomic E-state index is -3.93. The summed E-state index contributed by atoms with van der Waals surface area (Å²) in [6, 6.07) is 21.1. The molecule has 0 fully saturated rings. The van der Waals surface area contributed by atoms with E-state index < -0.39 is 16.0 Å². The van der Waals surface area contributed by atoms with Crippen LogP contribution in [0.1, 0.15) is 6.42 Å². The van der Waals surface area contributed by atoms with Gasteiger partial charge in [-0.1, -0.05) is 64.5 Å². The Morgan fingerprint density at radius 2 is 1.54 bits per heavy atom. The van der Waals surface area contributed by atoms with Gasteiger partial charge >= 0.3 is 10.2 Å². The van der Waals surface area contributed by atoms with Crippen molar-refractivity contribution in [1.29, 1.82) is 0 Å². The summed E-state index contributed by atoms with van der Waals surface area (Å²) in [5.41, 5.74) is 2.88. The quantitative estimate of drug-likeness (QED) is 0.472. The molecule has 0 unspecified atom stereocenters. The molecule has 0 radical (unpaired) electrons. The Hall–Kier alpha value is -2.38. The van der Waals surface area contributed by atoms with E-state index in [0.29, 0.717) is 29.7 Å². The van der Waals surface area contributed by atoms with E-state index in [1.807, 2.05) is 42.5 Å². The highest BCUT2D eigenvalue weighted by Crippen LogP contribution is 2.47. The molecule has 1 aliphatic heterocycles. The van der Waals surface area contributed by atoms with Crippen molar-refractivity contribution in [3.8, 4) is 11.1 Å². The maximum Gasteiger partial charge on any atom is 0.331 e. The maximum absolute atomic E-state index is 14.5. The van der Waals surface area contributed by atoms with Crippen molar-refractivity contribution in [2.75, 3.05) is 20.5 Å². The van der Waals surface area contributed by atoms with Gasteiger partial charge in [0.15, 0.2) is 0 Å². The van der Waals surface area contributed by atoms with Crippen LogP contribution in [0.25, 0.3) is 11.1 Å². The Balaban J connectivity index is 1.91. The van der Waals surface area contributed by atoms with Crippen LogP contribution in [-0.2, 0) is 10.2 Å². The van der Waals surface area contributed by atoms with E-state index in [1.165, 1.54) is 16.4 Å². The molecular weight excluding hydrogens is 443 g/mol. The Bertz CT molecular complexity index is 1110. The van der Waals surface area contributed by atoms with Gasteiger partial charge in [0.2, 0.25) is 0 Å². The highest BCUT2D eigenvalue weighted by Gasteiger charge is 2.42. The molecule has 0 aliphatic carbocycles. The van der Waals surface area contributed by atoms with Crippen molar-refractivity contribution < 1.29 is 12.8 Å². The number of alkyl halides is 1. The molecule has 3 aromatic rings. The molecule has 0 saturated carbocycles. The minimum absolute atomic E-state index is 0.0234. The molecule has 0 bridgehead atoms. The van der Waals surface area contributed by atoms with Crippen molar-refractivity contribution in [2.45, 2.75) is 6.42 Å². The average Bonchev–Trinajstić information content (AvgIpc) is 2.93. The second-order valence-electron chi connectivity index (χ2n) is 6.41. The van der Waals surface area contributed by atoms with Gasteiger partial charge in [0, 0.05) is 11.9 Å². The number of fused-ring (bicyclic) bond motifs is 1. The number of nitrogens with zero attached hydrogens (tertiary/aromatic N) is 2. The molecule has 4 nitrogen and oxygen atoms in total. The second kappa shape index (κ2) is 7.56. The van der Waals surface area contributed by atoms with Crippen LogP contribution in [0.2, 0.25) is 0 Å². The normalized spacial score (nSPS) is 14.9. The summed E-state index contributed by atoms with van der Waals surface area (Å²) in [4.78, 5) is 0. The maximum atomic E-state index is 14.5. The van der Waals surface area contributed by atoms with E-state index in [2.05, 4.69) is 15.9 Å². The summed E-state index contributed by atoms with van der Waals surface area (Å²) in [5, 5.41) is 0.677. The molecule has 4 rings (SSSR count). The van der Waals surface area contributed by atoms with E-state index >= 15 is 0 Å². The summed E-state index contributed by atoms with van der Waals surface area (Å²) in [6.07, 6.45) is 0.643.